The molecule has 1 aromatic heterocycles. The maximum atomic E-state index is 11.2. The van der Waals surface area contributed by atoms with Gasteiger partial charge in [0.05, 0.1) is 0 Å². The zero-order valence-electron chi connectivity index (χ0n) is 8.92. The molecule has 0 saturated carbocycles. The van der Waals surface area contributed by atoms with Crippen LogP contribution in [0.2, 0.25) is 0 Å². The van der Waals surface area contributed by atoms with Crippen molar-refractivity contribution in [1.82, 2.24) is 4.98 Å². The Morgan fingerprint density at radius 3 is 3.00 bits per heavy atom. The number of carbonyl (C=O) groups excluding carboxylic acids is 1. The molecule has 2 aromatic rings. The van der Waals surface area contributed by atoms with E-state index in [1.54, 1.807) is 0 Å². The highest BCUT2D eigenvalue weighted by atomic mass is 31.1. The Morgan fingerprint density at radius 1 is 1.47 bits per heavy atom. The van der Waals surface area contributed by atoms with Gasteiger partial charge in [-0.25, -0.2) is 9.36 Å². The molecular formula is C11H11N2O3P. The SMILES string of the molecule is N[C@@H](Cc1c[nH]c2ccccc12)C(=O)OP=O. The molecule has 1 heterocycles. The van der Waals surface area contributed by atoms with Gasteiger partial charge in [-0.15, -0.1) is 0 Å². The van der Waals surface area contributed by atoms with Gasteiger partial charge in [-0.2, -0.15) is 0 Å². The minimum atomic E-state index is -0.810. The highest BCUT2D eigenvalue weighted by molar-refractivity contribution is 7.18. The number of hydrogen-bond donors (Lipinski definition) is 2. The molecule has 1 aromatic carbocycles. The second-order valence-corrected chi connectivity index (χ2v) is 3.99. The number of benzene rings is 1. The fourth-order valence-electron chi connectivity index (χ4n) is 1.73. The van der Waals surface area contributed by atoms with E-state index >= 15 is 0 Å². The van der Waals surface area contributed by atoms with Crippen LogP contribution in [0.1, 0.15) is 5.56 Å². The molecule has 3 N–H and O–H groups in total. The van der Waals surface area contributed by atoms with Crippen LogP contribution in [0.3, 0.4) is 0 Å². The Morgan fingerprint density at radius 2 is 2.24 bits per heavy atom. The van der Waals surface area contributed by atoms with Gasteiger partial charge in [-0.1, -0.05) is 18.2 Å². The first kappa shape index (κ1) is 11.8. The largest absolute Gasteiger partial charge is 0.398 e. The van der Waals surface area contributed by atoms with Crippen molar-refractivity contribution in [1.29, 1.82) is 0 Å². The molecule has 0 aliphatic carbocycles. The molecule has 0 aliphatic heterocycles. The Bertz CT molecular complexity index is 552. The minimum Gasteiger partial charge on any atom is -0.372 e. The summed E-state index contributed by atoms with van der Waals surface area (Å²) in [5, 5.41) is 1.02. The van der Waals surface area contributed by atoms with Gasteiger partial charge in [0.15, 0.2) is 0 Å². The van der Waals surface area contributed by atoms with Crippen molar-refractivity contribution < 1.29 is 13.9 Å². The van der Waals surface area contributed by atoms with Crippen molar-refractivity contribution in [3.63, 3.8) is 0 Å². The predicted molar refractivity (Wildman–Crippen MR) is 63.7 cm³/mol. The van der Waals surface area contributed by atoms with Crippen molar-refractivity contribution in [3.05, 3.63) is 36.0 Å². The first-order valence-corrected chi connectivity index (χ1v) is 5.79. The maximum Gasteiger partial charge on any atom is 0.398 e. The van der Waals surface area contributed by atoms with Crippen molar-refractivity contribution in [2.24, 2.45) is 5.73 Å². The number of hydrogen-bond acceptors (Lipinski definition) is 4. The van der Waals surface area contributed by atoms with Gasteiger partial charge >= 0.3 is 14.7 Å². The molecule has 0 aliphatic rings. The smallest absolute Gasteiger partial charge is 0.372 e. The van der Waals surface area contributed by atoms with Gasteiger partial charge in [0.25, 0.3) is 0 Å². The molecule has 17 heavy (non-hydrogen) atoms. The third-order valence-electron chi connectivity index (χ3n) is 2.54. The van der Waals surface area contributed by atoms with Gasteiger partial charge in [-0.05, 0) is 11.6 Å². The van der Waals surface area contributed by atoms with Crippen molar-refractivity contribution in [2.75, 3.05) is 0 Å². The van der Waals surface area contributed by atoms with Crippen molar-refractivity contribution >= 4 is 25.6 Å². The van der Waals surface area contributed by atoms with Crippen LogP contribution in [0.15, 0.2) is 30.5 Å². The number of aromatic amines is 1. The van der Waals surface area contributed by atoms with Gasteiger partial charge in [0.1, 0.15) is 6.04 Å². The normalized spacial score (nSPS) is 12.8. The fourth-order valence-corrected chi connectivity index (χ4v) is 1.93. The summed E-state index contributed by atoms with van der Waals surface area (Å²) in [5.41, 5.74) is 7.58. The summed E-state index contributed by atoms with van der Waals surface area (Å²) >= 11 is 0. The molecule has 0 saturated heterocycles. The molecule has 6 heteroatoms. The van der Waals surface area contributed by atoms with Gasteiger partial charge in [0.2, 0.25) is 0 Å². The third kappa shape index (κ3) is 2.52. The lowest BCUT2D eigenvalue weighted by Crippen LogP contribution is -2.32. The summed E-state index contributed by atoms with van der Waals surface area (Å²) < 4.78 is 14.4. The molecule has 0 fully saturated rings. The lowest BCUT2D eigenvalue weighted by Gasteiger charge is -2.06. The highest BCUT2D eigenvalue weighted by Gasteiger charge is 2.17. The lowest BCUT2D eigenvalue weighted by molar-refractivity contribution is -0.134. The number of para-hydroxylation sites is 1. The molecule has 0 spiro atoms. The summed E-state index contributed by atoms with van der Waals surface area (Å²) in [6.45, 7) is 0. The fraction of sp³-hybridized carbons (Fsp3) is 0.182. The van der Waals surface area contributed by atoms with Crippen molar-refractivity contribution in [2.45, 2.75) is 12.5 Å². The van der Waals surface area contributed by atoms with Crippen molar-refractivity contribution in [3.8, 4) is 0 Å². The van der Waals surface area contributed by atoms with Crippen LogP contribution >= 0.6 is 8.69 Å². The number of aromatic nitrogens is 1. The van der Waals surface area contributed by atoms with Crippen LogP contribution < -0.4 is 5.73 Å². The van der Waals surface area contributed by atoms with E-state index in [9.17, 15) is 9.36 Å². The number of nitrogens with one attached hydrogen (secondary N) is 1. The zero-order valence-corrected chi connectivity index (χ0v) is 9.81. The molecule has 0 unspecified atom stereocenters. The standard InChI is InChI=1S/C11H11N2O3P/c12-9(11(14)16-17-15)5-7-6-13-10-4-2-1-3-8(7)10/h1-4,6,9,13H,5,12H2/t9-/m0/s1. The highest BCUT2D eigenvalue weighted by Crippen LogP contribution is 2.19. The molecule has 2 rings (SSSR count). The number of H-pyrrole nitrogens is 1. The average molecular weight is 250 g/mol. The van der Waals surface area contributed by atoms with E-state index in [4.69, 9.17) is 5.73 Å². The second-order valence-electron chi connectivity index (χ2n) is 3.65. The topological polar surface area (TPSA) is 85.2 Å². The molecule has 0 amide bonds. The predicted octanol–water partition coefficient (Wildman–Crippen LogP) is 1.79. The van der Waals surface area contributed by atoms with Crippen LogP contribution in [-0.4, -0.2) is 17.0 Å². The quantitative estimate of drug-likeness (QED) is 0.810. The Balaban J connectivity index is 2.18. The van der Waals surface area contributed by atoms with E-state index in [1.165, 1.54) is 0 Å². The summed E-state index contributed by atoms with van der Waals surface area (Å²) in [7, 11) is -0.670. The van der Waals surface area contributed by atoms with E-state index in [-0.39, 0.29) is 0 Å². The monoisotopic (exact) mass is 250 g/mol. The zero-order chi connectivity index (χ0) is 12.3. The van der Waals surface area contributed by atoms with Crippen LogP contribution in [0.25, 0.3) is 10.9 Å². The molecule has 1 atom stereocenters. The second kappa shape index (κ2) is 5.08. The van der Waals surface area contributed by atoms with E-state index in [2.05, 4.69) is 9.51 Å². The first-order valence-electron chi connectivity index (χ1n) is 5.06. The van der Waals surface area contributed by atoms with Gasteiger partial charge in [-0.3, -0.25) is 0 Å². The minimum absolute atomic E-state index is 0.346. The third-order valence-corrected chi connectivity index (χ3v) is 2.80. The molecule has 5 nitrogen and oxygen atoms in total. The molecule has 88 valence electrons. The Labute approximate surface area is 99.2 Å². The van der Waals surface area contributed by atoms with Gasteiger partial charge in [0, 0.05) is 23.5 Å². The first-order chi connectivity index (χ1) is 8.22. The lowest BCUT2D eigenvalue weighted by atomic mass is 10.1. The van der Waals surface area contributed by atoms with E-state index in [0.717, 1.165) is 16.5 Å². The van der Waals surface area contributed by atoms with Gasteiger partial charge < -0.3 is 15.2 Å². The van der Waals surface area contributed by atoms with Crippen LogP contribution in [0.5, 0.6) is 0 Å². The number of rotatable bonds is 4. The van der Waals surface area contributed by atoms with E-state index < -0.39 is 20.7 Å². The summed E-state index contributed by atoms with van der Waals surface area (Å²) in [6, 6.07) is 6.92. The molecular weight excluding hydrogens is 239 g/mol. The Kier molecular flexibility index (Phi) is 3.52. The Hall–Kier alpha value is -1.71. The number of fused-ring (bicyclic) bond motifs is 1. The summed E-state index contributed by atoms with van der Waals surface area (Å²) in [6.07, 6.45) is 2.16. The van der Waals surface area contributed by atoms with E-state index in [1.807, 2.05) is 30.5 Å². The van der Waals surface area contributed by atoms with E-state index in [0.29, 0.717) is 6.42 Å². The summed E-state index contributed by atoms with van der Waals surface area (Å²) in [5.74, 6) is -0.674. The molecule has 0 bridgehead atoms. The van der Waals surface area contributed by atoms with Crippen LogP contribution in [0, 0.1) is 0 Å². The number of carbonyl (C=O) groups is 1. The maximum absolute atomic E-state index is 11.2. The average Bonchev–Trinajstić information content (AvgIpc) is 2.73. The molecule has 0 radical (unpaired) electrons. The number of nitrogens with two attached hydrogens (primary N) is 1. The van der Waals surface area contributed by atoms with Crippen LogP contribution in [-0.2, 0) is 20.3 Å². The summed E-state index contributed by atoms with van der Waals surface area (Å²) in [4.78, 5) is 14.3. The van der Waals surface area contributed by atoms with Crippen LogP contribution in [0.4, 0.5) is 0 Å².